The molecule has 4 nitrogen and oxygen atoms in total. The van der Waals surface area contributed by atoms with Crippen molar-refractivity contribution in [3.8, 4) is 11.5 Å². The molecular weight excluding hydrogens is 254 g/mol. The third-order valence-corrected chi connectivity index (χ3v) is 2.82. The summed E-state index contributed by atoms with van der Waals surface area (Å²) in [6.07, 6.45) is 0. The van der Waals surface area contributed by atoms with Gasteiger partial charge in [-0.2, -0.15) is 0 Å². The number of benzene rings is 2. The lowest BCUT2D eigenvalue weighted by molar-refractivity contribution is -0.118. The number of phenolic OH excluding ortho intramolecular Hbond substituents is 1. The fourth-order valence-electron chi connectivity index (χ4n) is 1.72. The third kappa shape index (κ3) is 3.75. The second kappa shape index (κ2) is 6.10. The van der Waals surface area contributed by atoms with Crippen molar-refractivity contribution in [1.29, 1.82) is 0 Å². The van der Waals surface area contributed by atoms with Gasteiger partial charge in [-0.15, -0.1) is 0 Å². The highest BCUT2D eigenvalue weighted by Crippen LogP contribution is 2.23. The first-order valence-electron chi connectivity index (χ1n) is 6.33. The number of aromatic hydroxyl groups is 1. The predicted molar refractivity (Wildman–Crippen MR) is 78.1 cm³/mol. The molecule has 2 N–H and O–H groups in total. The normalized spacial score (nSPS) is 10.1. The molecule has 0 saturated carbocycles. The summed E-state index contributed by atoms with van der Waals surface area (Å²) in [6, 6.07) is 12.5. The summed E-state index contributed by atoms with van der Waals surface area (Å²) in [5, 5.41) is 12.3. The number of carbonyl (C=O) groups is 1. The van der Waals surface area contributed by atoms with E-state index in [1.54, 1.807) is 12.1 Å². The number of aryl methyl sites for hydroxylation is 2. The van der Waals surface area contributed by atoms with Crippen LogP contribution >= 0.6 is 0 Å². The van der Waals surface area contributed by atoms with E-state index in [4.69, 9.17) is 4.74 Å². The van der Waals surface area contributed by atoms with E-state index < -0.39 is 0 Å². The number of nitrogens with one attached hydrogen (secondary N) is 1. The van der Waals surface area contributed by atoms with E-state index in [-0.39, 0.29) is 18.3 Å². The predicted octanol–water partition coefficient (Wildman–Crippen LogP) is 3.03. The van der Waals surface area contributed by atoms with Crippen LogP contribution in [-0.2, 0) is 4.79 Å². The first-order valence-corrected chi connectivity index (χ1v) is 6.33. The van der Waals surface area contributed by atoms with E-state index in [2.05, 4.69) is 5.32 Å². The Morgan fingerprint density at radius 2 is 1.75 bits per heavy atom. The molecule has 0 atom stereocenters. The molecule has 0 aliphatic rings. The van der Waals surface area contributed by atoms with Crippen LogP contribution in [0.25, 0.3) is 0 Å². The number of hydrogen-bond donors (Lipinski definition) is 2. The van der Waals surface area contributed by atoms with Gasteiger partial charge < -0.3 is 15.2 Å². The van der Waals surface area contributed by atoms with Gasteiger partial charge in [-0.25, -0.2) is 0 Å². The Kier molecular flexibility index (Phi) is 4.25. The number of amides is 1. The Bertz CT molecular complexity index is 606. The van der Waals surface area contributed by atoms with Gasteiger partial charge in [0.1, 0.15) is 11.5 Å². The molecule has 0 aliphatic carbocycles. The molecule has 0 spiro atoms. The molecule has 0 fully saturated rings. The Morgan fingerprint density at radius 3 is 2.40 bits per heavy atom. The molecule has 0 saturated heterocycles. The zero-order valence-electron chi connectivity index (χ0n) is 11.5. The van der Waals surface area contributed by atoms with E-state index in [9.17, 15) is 9.90 Å². The maximum Gasteiger partial charge on any atom is 0.262 e. The summed E-state index contributed by atoms with van der Waals surface area (Å²) in [7, 11) is 0. The second-order valence-electron chi connectivity index (χ2n) is 4.67. The smallest absolute Gasteiger partial charge is 0.262 e. The highest BCUT2D eigenvalue weighted by Gasteiger charge is 2.07. The summed E-state index contributed by atoms with van der Waals surface area (Å²) in [5.41, 5.74) is 2.44. The number of hydrogen-bond acceptors (Lipinski definition) is 3. The molecule has 1 amide bonds. The number of phenols is 1. The van der Waals surface area contributed by atoms with E-state index in [0.29, 0.717) is 11.4 Å². The Morgan fingerprint density at radius 1 is 1.10 bits per heavy atom. The van der Waals surface area contributed by atoms with Crippen LogP contribution in [0.2, 0.25) is 0 Å². The van der Waals surface area contributed by atoms with Crippen LogP contribution < -0.4 is 10.1 Å². The van der Waals surface area contributed by atoms with E-state index in [1.165, 1.54) is 0 Å². The van der Waals surface area contributed by atoms with E-state index in [0.717, 1.165) is 11.1 Å². The number of rotatable bonds is 4. The lowest BCUT2D eigenvalue weighted by Crippen LogP contribution is -2.20. The lowest BCUT2D eigenvalue weighted by atomic mass is 10.2. The molecule has 0 unspecified atom stereocenters. The molecule has 104 valence electrons. The van der Waals surface area contributed by atoms with Gasteiger partial charge in [-0.3, -0.25) is 4.79 Å². The van der Waals surface area contributed by atoms with Crippen LogP contribution in [0.4, 0.5) is 5.69 Å². The minimum Gasteiger partial charge on any atom is -0.506 e. The van der Waals surface area contributed by atoms with Gasteiger partial charge in [-0.05, 0) is 43.7 Å². The van der Waals surface area contributed by atoms with Crippen LogP contribution in [0.1, 0.15) is 11.1 Å². The average molecular weight is 271 g/mol. The molecule has 2 aromatic rings. The molecule has 2 rings (SSSR count). The molecular formula is C16H17NO3. The topological polar surface area (TPSA) is 58.6 Å². The van der Waals surface area contributed by atoms with Gasteiger partial charge >= 0.3 is 0 Å². The van der Waals surface area contributed by atoms with Gasteiger partial charge in [0.25, 0.3) is 5.91 Å². The summed E-state index contributed by atoms with van der Waals surface area (Å²) < 4.78 is 5.36. The molecule has 0 heterocycles. The van der Waals surface area contributed by atoms with Crippen molar-refractivity contribution in [2.45, 2.75) is 13.8 Å². The SMILES string of the molecule is Cc1ccc(OCC(=O)Nc2ccc(C)cc2O)cc1. The standard InChI is InChI=1S/C16H17NO3/c1-11-3-6-13(7-4-11)20-10-16(19)17-14-8-5-12(2)9-15(14)18/h3-9,18H,10H2,1-2H3,(H,17,19). The van der Waals surface area contributed by atoms with Gasteiger partial charge in [-0.1, -0.05) is 23.8 Å². The number of anilines is 1. The molecule has 4 heteroatoms. The highest BCUT2D eigenvalue weighted by atomic mass is 16.5. The maximum absolute atomic E-state index is 11.7. The quantitative estimate of drug-likeness (QED) is 0.840. The molecule has 0 radical (unpaired) electrons. The zero-order chi connectivity index (χ0) is 14.5. The first kappa shape index (κ1) is 13.9. The van der Waals surface area contributed by atoms with Gasteiger partial charge in [0.05, 0.1) is 5.69 Å². The highest BCUT2D eigenvalue weighted by molar-refractivity contribution is 5.93. The van der Waals surface area contributed by atoms with Crippen LogP contribution in [0.5, 0.6) is 11.5 Å². The number of ether oxygens (including phenoxy) is 1. The van der Waals surface area contributed by atoms with Gasteiger partial charge in [0.15, 0.2) is 6.61 Å². The van der Waals surface area contributed by atoms with Crippen molar-refractivity contribution >= 4 is 11.6 Å². The van der Waals surface area contributed by atoms with Crippen molar-refractivity contribution in [1.82, 2.24) is 0 Å². The van der Waals surface area contributed by atoms with E-state index in [1.807, 2.05) is 44.2 Å². The van der Waals surface area contributed by atoms with Crippen LogP contribution in [0.3, 0.4) is 0 Å². The molecule has 0 bridgehead atoms. The monoisotopic (exact) mass is 271 g/mol. The van der Waals surface area contributed by atoms with Gasteiger partial charge in [0.2, 0.25) is 0 Å². The average Bonchev–Trinajstić information content (AvgIpc) is 2.41. The van der Waals surface area contributed by atoms with Crippen molar-refractivity contribution in [3.63, 3.8) is 0 Å². The molecule has 0 aliphatic heterocycles. The summed E-state index contributed by atoms with van der Waals surface area (Å²) in [5.74, 6) is 0.372. The fraction of sp³-hybridized carbons (Fsp3) is 0.188. The van der Waals surface area contributed by atoms with Crippen LogP contribution in [0.15, 0.2) is 42.5 Å². The minimum atomic E-state index is -0.315. The minimum absolute atomic E-state index is 0.0497. The van der Waals surface area contributed by atoms with Crippen molar-refractivity contribution in [2.24, 2.45) is 0 Å². The van der Waals surface area contributed by atoms with Crippen LogP contribution in [0, 0.1) is 13.8 Å². The molecule has 2 aromatic carbocycles. The Labute approximate surface area is 118 Å². The van der Waals surface area contributed by atoms with Crippen LogP contribution in [-0.4, -0.2) is 17.6 Å². The van der Waals surface area contributed by atoms with Crippen molar-refractivity contribution in [2.75, 3.05) is 11.9 Å². The fourth-order valence-corrected chi connectivity index (χ4v) is 1.72. The summed E-state index contributed by atoms with van der Waals surface area (Å²) in [6.45, 7) is 3.75. The summed E-state index contributed by atoms with van der Waals surface area (Å²) >= 11 is 0. The van der Waals surface area contributed by atoms with Gasteiger partial charge in [0, 0.05) is 0 Å². The zero-order valence-corrected chi connectivity index (χ0v) is 11.5. The lowest BCUT2D eigenvalue weighted by Gasteiger charge is -2.09. The largest absolute Gasteiger partial charge is 0.506 e. The van der Waals surface area contributed by atoms with Crippen molar-refractivity contribution < 1.29 is 14.6 Å². The van der Waals surface area contributed by atoms with E-state index >= 15 is 0 Å². The Hall–Kier alpha value is -2.49. The molecule has 20 heavy (non-hydrogen) atoms. The van der Waals surface area contributed by atoms with Crippen molar-refractivity contribution in [3.05, 3.63) is 53.6 Å². The third-order valence-electron chi connectivity index (χ3n) is 2.82. The Balaban J connectivity index is 1.90. The molecule has 0 aromatic heterocycles. The summed E-state index contributed by atoms with van der Waals surface area (Å²) in [4.78, 5) is 11.7. The number of carbonyl (C=O) groups excluding carboxylic acids is 1. The second-order valence-corrected chi connectivity index (χ2v) is 4.67. The first-order chi connectivity index (χ1) is 9.54. The maximum atomic E-state index is 11.7.